The van der Waals surface area contributed by atoms with E-state index in [2.05, 4.69) is 11.8 Å². The first-order valence-corrected chi connectivity index (χ1v) is 8.44. The van der Waals surface area contributed by atoms with Gasteiger partial charge in [0.1, 0.15) is 11.6 Å². The molecule has 0 unspecified atom stereocenters. The van der Waals surface area contributed by atoms with Crippen LogP contribution in [0.3, 0.4) is 0 Å². The van der Waals surface area contributed by atoms with Crippen LogP contribution in [0, 0.1) is 11.8 Å². The molecule has 6 heteroatoms. The van der Waals surface area contributed by atoms with Crippen molar-refractivity contribution >= 4 is 17.3 Å². The number of carbonyl (C=O) groups excluding carboxylic acids is 1. The van der Waals surface area contributed by atoms with Gasteiger partial charge in [0, 0.05) is 18.0 Å². The Kier molecular flexibility index (Phi) is 5.82. The largest absolute Gasteiger partial charge is 0.468 e. The van der Waals surface area contributed by atoms with Gasteiger partial charge in [-0.1, -0.05) is 11.8 Å². The van der Waals surface area contributed by atoms with E-state index in [9.17, 15) is 15.0 Å². The molecule has 1 aromatic heterocycles. The molecule has 1 aliphatic heterocycles. The maximum Gasteiger partial charge on any atom is 0.323 e. The maximum absolute atomic E-state index is 11.9. The van der Waals surface area contributed by atoms with Crippen LogP contribution in [-0.2, 0) is 16.1 Å². The highest BCUT2D eigenvalue weighted by Gasteiger charge is 2.33. The fraction of sp³-hybridized carbons (Fsp3) is 0.588. The number of esters is 1. The fourth-order valence-electron chi connectivity index (χ4n) is 2.51. The summed E-state index contributed by atoms with van der Waals surface area (Å²) in [5.74, 6) is 5.45. The third-order valence-corrected chi connectivity index (χ3v) is 4.66. The number of carbonyl (C=O) groups is 1. The van der Waals surface area contributed by atoms with E-state index < -0.39 is 17.7 Å². The first-order chi connectivity index (χ1) is 10.8. The fourth-order valence-corrected chi connectivity index (χ4v) is 3.40. The number of aliphatic hydroxyl groups excluding tert-OH is 1. The molecule has 1 aromatic rings. The minimum absolute atomic E-state index is 0.303. The van der Waals surface area contributed by atoms with Gasteiger partial charge in [-0.25, -0.2) is 0 Å². The Morgan fingerprint density at radius 3 is 2.91 bits per heavy atom. The number of methoxy groups -OCH3 is 1. The van der Waals surface area contributed by atoms with E-state index >= 15 is 0 Å². The van der Waals surface area contributed by atoms with Gasteiger partial charge in [-0.3, -0.25) is 9.69 Å². The monoisotopic (exact) mass is 337 g/mol. The van der Waals surface area contributed by atoms with Crippen LogP contribution in [0.1, 0.15) is 36.4 Å². The molecule has 126 valence electrons. The minimum atomic E-state index is -1.01. The number of aliphatic hydroxyl groups is 2. The summed E-state index contributed by atoms with van der Waals surface area (Å²) in [5.41, 5.74) is -1.01. The maximum atomic E-state index is 11.9. The van der Waals surface area contributed by atoms with Crippen molar-refractivity contribution in [2.24, 2.45) is 0 Å². The summed E-state index contributed by atoms with van der Waals surface area (Å²) in [5, 5.41) is 19.4. The van der Waals surface area contributed by atoms with Crippen LogP contribution in [0.2, 0.25) is 0 Å². The predicted octanol–water partition coefficient (Wildman–Crippen LogP) is 1.37. The quantitative estimate of drug-likeness (QED) is 0.644. The van der Waals surface area contributed by atoms with Gasteiger partial charge in [-0.05, 0) is 38.8 Å². The van der Waals surface area contributed by atoms with E-state index in [0.717, 1.165) is 9.75 Å². The molecule has 0 amide bonds. The van der Waals surface area contributed by atoms with Crippen molar-refractivity contribution in [1.29, 1.82) is 0 Å². The summed E-state index contributed by atoms with van der Waals surface area (Å²) in [7, 11) is 1.37. The van der Waals surface area contributed by atoms with E-state index in [4.69, 9.17) is 4.74 Å². The molecule has 2 atom stereocenters. The second kappa shape index (κ2) is 7.45. The zero-order valence-corrected chi connectivity index (χ0v) is 14.5. The normalized spacial score (nSPS) is 22.3. The number of ether oxygens (including phenoxy) is 1. The smallest absolute Gasteiger partial charge is 0.323 e. The zero-order chi connectivity index (χ0) is 17.0. The second-order valence-electron chi connectivity index (χ2n) is 6.26. The highest BCUT2D eigenvalue weighted by atomic mass is 32.1. The number of rotatable bonds is 3. The molecule has 1 aliphatic rings. The lowest BCUT2D eigenvalue weighted by Crippen LogP contribution is -2.48. The molecule has 0 aromatic carbocycles. The Balaban J connectivity index is 2.06. The van der Waals surface area contributed by atoms with Gasteiger partial charge in [-0.2, -0.15) is 0 Å². The Bertz CT molecular complexity index is 608. The van der Waals surface area contributed by atoms with Crippen molar-refractivity contribution in [3.05, 3.63) is 21.9 Å². The molecule has 2 N–H and O–H groups in total. The summed E-state index contributed by atoms with van der Waals surface area (Å²) in [6.45, 7) is 4.58. The first kappa shape index (κ1) is 18.0. The Morgan fingerprint density at radius 2 is 2.26 bits per heavy atom. The molecular weight excluding hydrogens is 314 g/mol. The lowest BCUT2D eigenvalue weighted by atomic mass is 9.99. The van der Waals surface area contributed by atoms with E-state index in [1.165, 1.54) is 7.11 Å². The lowest BCUT2D eigenvalue weighted by Gasteiger charge is -2.35. The van der Waals surface area contributed by atoms with E-state index in [1.807, 2.05) is 17.0 Å². The standard InChI is InChI=1S/C17H23NO4S/c1-17(2,21)8-6-13-4-5-14(23-13)11-18-9-7-12(19)10-15(18)16(20)22-3/h4-5,12,15,19,21H,7,9-11H2,1-3H3/t12-,15+/m0/s1. The summed E-state index contributed by atoms with van der Waals surface area (Å²) < 4.78 is 4.85. The number of nitrogens with zero attached hydrogens (tertiary/aromatic N) is 1. The van der Waals surface area contributed by atoms with Crippen molar-refractivity contribution in [3.8, 4) is 11.8 Å². The van der Waals surface area contributed by atoms with E-state index in [-0.39, 0.29) is 5.97 Å². The van der Waals surface area contributed by atoms with E-state index in [1.54, 1.807) is 25.2 Å². The van der Waals surface area contributed by atoms with E-state index in [0.29, 0.717) is 25.9 Å². The molecule has 1 saturated heterocycles. The average molecular weight is 337 g/mol. The van der Waals surface area contributed by atoms with Gasteiger partial charge in [0.15, 0.2) is 0 Å². The van der Waals surface area contributed by atoms with Crippen LogP contribution in [0.15, 0.2) is 12.1 Å². The predicted molar refractivity (Wildman–Crippen MR) is 88.9 cm³/mol. The third kappa shape index (κ3) is 5.33. The zero-order valence-electron chi connectivity index (χ0n) is 13.7. The molecule has 0 bridgehead atoms. The van der Waals surface area contributed by atoms with Gasteiger partial charge in [0.2, 0.25) is 0 Å². The van der Waals surface area contributed by atoms with Crippen LogP contribution in [0.25, 0.3) is 0 Å². The highest BCUT2D eigenvalue weighted by molar-refractivity contribution is 7.12. The van der Waals surface area contributed by atoms with Crippen molar-refractivity contribution in [3.63, 3.8) is 0 Å². The van der Waals surface area contributed by atoms with Crippen LogP contribution >= 0.6 is 11.3 Å². The molecule has 0 radical (unpaired) electrons. The minimum Gasteiger partial charge on any atom is -0.468 e. The van der Waals surface area contributed by atoms with Crippen molar-refractivity contribution in [2.75, 3.05) is 13.7 Å². The molecule has 5 nitrogen and oxygen atoms in total. The van der Waals surface area contributed by atoms with Gasteiger partial charge in [0.25, 0.3) is 0 Å². The molecule has 2 heterocycles. The van der Waals surface area contributed by atoms with Gasteiger partial charge < -0.3 is 14.9 Å². The summed E-state index contributed by atoms with van der Waals surface area (Å²) in [6, 6.07) is 3.50. The Hall–Kier alpha value is -1.39. The first-order valence-electron chi connectivity index (χ1n) is 7.62. The van der Waals surface area contributed by atoms with Crippen molar-refractivity contribution < 1.29 is 19.7 Å². The van der Waals surface area contributed by atoms with Gasteiger partial charge in [-0.15, -0.1) is 11.3 Å². The number of piperidine rings is 1. The summed E-state index contributed by atoms with van der Waals surface area (Å²) >= 11 is 1.55. The van der Waals surface area contributed by atoms with Crippen LogP contribution < -0.4 is 0 Å². The van der Waals surface area contributed by atoms with Gasteiger partial charge in [0.05, 0.1) is 18.1 Å². The Morgan fingerprint density at radius 1 is 1.52 bits per heavy atom. The van der Waals surface area contributed by atoms with Crippen molar-refractivity contribution in [1.82, 2.24) is 4.90 Å². The highest BCUT2D eigenvalue weighted by Crippen LogP contribution is 2.24. The molecular formula is C17H23NO4S. The second-order valence-corrected chi connectivity index (χ2v) is 7.43. The van der Waals surface area contributed by atoms with Gasteiger partial charge >= 0.3 is 5.97 Å². The number of likely N-dealkylation sites (tertiary alicyclic amines) is 1. The number of hydrogen-bond donors (Lipinski definition) is 2. The van der Waals surface area contributed by atoms with Crippen LogP contribution in [-0.4, -0.2) is 52.5 Å². The SMILES string of the molecule is COC(=O)[C@H]1C[C@@H](O)CCN1Cc1ccc(C#CC(C)(C)O)s1. The molecule has 0 saturated carbocycles. The Labute approximate surface area is 140 Å². The summed E-state index contributed by atoms with van der Waals surface area (Å²) in [6.07, 6.45) is 0.611. The number of hydrogen-bond acceptors (Lipinski definition) is 6. The molecule has 1 fully saturated rings. The third-order valence-electron chi connectivity index (χ3n) is 3.67. The lowest BCUT2D eigenvalue weighted by molar-refractivity contribution is -0.150. The summed E-state index contributed by atoms with van der Waals surface area (Å²) in [4.78, 5) is 15.9. The van der Waals surface area contributed by atoms with Crippen LogP contribution in [0.5, 0.6) is 0 Å². The molecule has 2 rings (SSSR count). The average Bonchev–Trinajstić information content (AvgIpc) is 2.93. The topological polar surface area (TPSA) is 70.0 Å². The van der Waals surface area contributed by atoms with Crippen molar-refractivity contribution in [2.45, 2.75) is 51.0 Å². The molecule has 0 aliphatic carbocycles. The number of thiophene rings is 1. The molecule has 0 spiro atoms. The molecule has 23 heavy (non-hydrogen) atoms. The van der Waals surface area contributed by atoms with Crippen LogP contribution in [0.4, 0.5) is 0 Å².